The van der Waals surface area contributed by atoms with E-state index in [1.165, 1.54) is 100 Å². The van der Waals surface area contributed by atoms with Crippen LogP contribution in [0.4, 0.5) is 0 Å². The van der Waals surface area contributed by atoms with Gasteiger partial charge in [0, 0.05) is 50.1 Å². The van der Waals surface area contributed by atoms with Crippen molar-refractivity contribution in [1.82, 2.24) is 9.13 Å². The molecule has 0 saturated heterocycles. The topological polar surface area (TPSA) is 9.86 Å². The van der Waals surface area contributed by atoms with E-state index in [0.717, 1.165) is 25.7 Å². The van der Waals surface area contributed by atoms with Gasteiger partial charge in [0.05, 0.1) is 11.0 Å². The Bertz CT molecular complexity index is 3010. The first-order chi connectivity index (χ1) is 28.0. The third-order valence-corrected chi connectivity index (χ3v) is 12.7. The largest absolute Gasteiger partial charge is 0.313 e. The summed E-state index contributed by atoms with van der Waals surface area (Å²) in [5.74, 6) is 0. The molecule has 2 heterocycles. The van der Waals surface area contributed by atoms with Crippen molar-refractivity contribution in [3.8, 4) is 22.5 Å². The van der Waals surface area contributed by atoms with Crippen LogP contribution in [0, 0.1) is 0 Å². The van der Waals surface area contributed by atoms with E-state index in [1.54, 1.807) is 0 Å². The molecule has 8 aromatic rings. The zero-order valence-electron chi connectivity index (χ0n) is 32.5. The maximum atomic E-state index is 2.46. The predicted octanol–water partition coefficient (Wildman–Crippen LogP) is 14.1. The lowest BCUT2D eigenvalue weighted by molar-refractivity contribution is 0.660. The van der Waals surface area contributed by atoms with Gasteiger partial charge in [0.1, 0.15) is 0 Å². The Morgan fingerprint density at radius 2 is 1.05 bits per heavy atom. The van der Waals surface area contributed by atoms with Gasteiger partial charge in [0.15, 0.2) is 0 Å². The van der Waals surface area contributed by atoms with E-state index in [4.69, 9.17) is 0 Å². The van der Waals surface area contributed by atoms with Gasteiger partial charge in [-0.2, -0.15) is 0 Å². The number of fused-ring (bicyclic) bond motifs is 9. The molecule has 0 atom stereocenters. The maximum Gasteiger partial charge on any atom is 0.0538 e. The van der Waals surface area contributed by atoms with Crippen LogP contribution in [0.1, 0.15) is 77.0 Å². The quantitative estimate of drug-likeness (QED) is 0.151. The number of hydrogen-bond donors (Lipinski definition) is 0. The van der Waals surface area contributed by atoms with Gasteiger partial charge >= 0.3 is 0 Å². The summed E-state index contributed by atoms with van der Waals surface area (Å²) in [6.45, 7) is 4.77. The molecule has 0 fully saturated rings. The van der Waals surface area contributed by atoms with Gasteiger partial charge in [-0.25, -0.2) is 0 Å². The van der Waals surface area contributed by atoms with Crippen LogP contribution in [0.2, 0.25) is 0 Å². The second-order valence-electron chi connectivity index (χ2n) is 16.4. The van der Waals surface area contributed by atoms with Crippen molar-refractivity contribution in [2.45, 2.75) is 44.9 Å². The van der Waals surface area contributed by atoms with Crippen molar-refractivity contribution in [1.29, 1.82) is 0 Å². The summed E-state index contributed by atoms with van der Waals surface area (Å²) in [6.07, 6.45) is 20.5. The molecule has 0 saturated carbocycles. The van der Waals surface area contributed by atoms with Crippen LogP contribution < -0.4 is 0 Å². The van der Waals surface area contributed by atoms with E-state index in [0.29, 0.717) is 0 Å². The third kappa shape index (κ3) is 5.54. The van der Waals surface area contributed by atoms with Gasteiger partial charge in [0.25, 0.3) is 0 Å². The Balaban J connectivity index is 0.869. The van der Waals surface area contributed by atoms with Crippen molar-refractivity contribution < 1.29 is 0 Å². The molecular formula is C55H44N2. The highest BCUT2D eigenvalue weighted by atomic mass is 15.0. The Labute approximate surface area is 335 Å². The molecule has 0 N–H and O–H groups in total. The lowest BCUT2D eigenvalue weighted by Gasteiger charge is -2.22. The SMILES string of the molecule is CC1(C)c2cc(/C=C/C3=Cc4c(n(-c5ccccc5)c5ccccc45)CC3)ccc2-c2ccc(/C=C/c3ccc4c(c3)c3c(n4-c4ccccc4)CCC=C3)cc21. The van der Waals surface area contributed by atoms with Crippen molar-refractivity contribution in [3.05, 3.63) is 208 Å². The third-order valence-electron chi connectivity index (χ3n) is 12.7. The summed E-state index contributed by atoms with van der Waals surface area (Å²) < 4.78 is 4.91. The molecule has 0 unspecified atom stereocenters. The molecule has 2 aromatic heterocycles. The molecule has 274 valence electrons. The number of rotatable bonds is 6. The molecule has 3 aliphatic rings. The van der Waals surface area contributed by atoms with Crippen LogP contribution in [0.5, 0.6) is 0 Å². The molecule has 0 spiro atoms. The molecule has 0 bridgehead atoms. The van der Waals surface area contributed by atoms with E-state index in [-0.39, 0.29) is 5.41 Å². The summed E-state index contributed by atoms with van der Waals surface area (Å²) in [6, 6.07) is 51.4. The minimum absolute atomic E-state index is 0.0959. The van der Waals surface area contributed by atoms with Gasteiger partial charge in [-0.3, -0.25) is 0 Å². The zero-order valence-corrected chi connectivity index (χ0v) is 32.5. The van der Waals surface area contributed by atoms with Gasteiger partial charge in [-0.1, -0.05) is 147 Å². The number of benzene rings is 6. The van der Waals surface area contributed by atoms with E-state index >= 15 is 0 Å². The maximum absolute atomic E-state index is 2.46. The molecule has 3 aliphatic carbocycles. The van der Waals surface area contributed by atoms with Crippen LogP contribution in [0.15, 0.2) is 157 Å². The first kappa shape index (κ1) is 33.7. The van der Waals surface area contributed by atoms with E-state index in [1.807, 2.05) is 0 Å². The number of nitrogens with zero attached hydrogens (tertiary/aromatic N) is 2. The Morgan fingerprint density at radius 1 is 0.491 bits per heavy atom. The molecular weight excluding hydrogens is 689 g/mol. The average Bonchev–Trinajstić information content (AvgIpc) is 3.85. The number of hydrogen-bond acceptors (Lipinski definition) is 0. The highest BCUT2D eigenvalue weighted by Gasteiger charge is 2.35. The normalized spacial score (nSPS) is 15.3. The molecule has 2 nitrogen and oxygen atoms in total. The van der Waals surface area contributed by atoms with E-state index < -0.39 is 0 Å². The van der Waals surface area contributed by atoms with E-state index in [2.05, 4.69) is 205 Å². The van der Waals surface area contributed by atoms with Crippen LogP contribution in [0.25, 0.3) is 74.7 Å². The van der Waals surface area contributed by atoms with Gasteiger partial charge in [-0.15, -0.1) is 0 Å². The van der Waals surface area contributed by atoms with Gasteiger partial charge in [-0.05, 0) is 119 Å². The second-order valence-corrected chi connectivity index (χ2v) is 16.4. The van der Waals surface area contributed by atoms with Crippen molar-refractivity contribution in [3.63, 3.8) is 0 Å². The number of aromatic nitrogens is 2. The summed E-state index contributed by atoms with van der Waals surface area (Å²) in [7, 11) is 0. The van der Waals surface area contributed by atoms with Gasteiger partial charge < -0.3 is 9.13 Å². The minimum atomic E-state index is -0.0959. The first-order valence-electron chi connectivity index (χ1n) is 20.4. The molecule has 0 aliphatic heterocycles. The predicted molar refractivity (Wildman–Crippen MR) is 242 cm³/mol. The molecule has 0 radical (unpaired) electrons. The average molecular weight is 733 g/mol. The highest BCUT2D eigenvalue weighted by molar-refractivity contribution is 5.96. The molecule has 57 heavy (non-hydrogen) atoms. The Kier molecular flexibility index (Phi) is 7.83. The van der Waals surface area contributed by atoms with Gasteiger partial charge in [0.2, 0.25) is 0 Å². The van der Waals surface area contributed by atoms with E-state index in [9.17, 15) is 0 Å². The summed E-state index contributed by atoms with van der Waals surface area (Å²) in [5, 5.41) is 2.64. The van der Waals surface area contributed by atoms with Crippen molar-refractivity contribution >= 4 is 52.2 Å². The smallest absolute Gasteiger partial charge is 0.0538 e. The minimum Gasteiger partial charge on any atom is -0.313 e. The number of para-hydroxylation sites is 3. The Hall–Kier alpha value is -6.64. The number of allylic oxidation sites excluding steroid dienone is 3. The zero-order chi connectivity index (χ0) is 38.1. The van der Waals surface area contributed by atoms with Crippen LogP contribution in [-0.2, 0) is 18.3 Å². The summed E-state index contributed by atoms with van der Waals surface area (Å²) in [5.41, 5.74) is 21.0. The molecule has 6 aromatic carbocycles. The first-order valence-corrected chi connectivity index (χ1v) is 20.4. The second kappa shape index (κ2) is 13.2. The Morgan fingerprint density at radius 3 is 1.74 bits per heavy atom. The molecule has 0 amide bonds. The molecule has 11 rings (SSSR count). The van der Waals surface area contributed by atoms with Crippen LogP contribution in [-0.4, -0.2) is 9.13 Å². The molecule has 2 heteroatoms. The van der Waals surface area contributed by atoms with Crippen molar-refractivity contribution in [2.75, 3.05) is 0 Å². The summed E-state index contributed by atoms with van der Waals surface area (Å²) >= 11 is 0. The lowest BCUT2D eigenvalue weighted by Crippen LogP contribution is -2.15. The van der Waals surface area contributed by atoms with Crippen LogP contribution in [0.3, 0.4) is 0 Å². The monoisotopic (exact) mass is 732 g/mol. The standard InChI is InChI=1S/C55H44N2/c1-55(2)49-35-39(23-21-37-27-31-53-47(33-37)45-17-9-11-19-51(45)56(53)41-13-5-3-6-14-41)25-29-43(49)44-30-26-40(36-50(44)55)24-22-38-28-32-54-48(34-38)46-18-10-12-20-52(46)57(54)42-15-7-4-8-16-42/h3-11,13-19,21-26,28-30,32-36H,12,20,27,31H2,1-2H3/b23-21+,24-22+. The van der Waals surface area contributed by atoms with Crippen LogP contribution >= 0.6 is 0 Å². The fraction of sp³-hybridized carbons (Fsp3) is 0.127. The van der Waals surface area contributed by atoms with Crippen molar-refractivity contribution in [2.24, 2.45) is 0 Å². The fourth-order valence-electron chi connectivity index (χ4n) is 9.84. The summed E-state index contributed by atoms with van der Waals surface area (Å²) in [4.78, 5) is 0. The lowest BCUT2D eigenvalue weighted by atomic mass is 9.81. The highest BCUT2D eigenvalue weighted by Crippen LogP contribution is 2.49. The fourth-order valence-corrected chi connectivity index (χ4v) is 9.84.